The highest BCUT2D eigenvalue weighted by molar-refractivity contribution is 6.62. The summed E-state index contributed by atoms with van der Waals surface area (Å²) in [5.74, 6) is 0.684. The van der Waals surface area contributed by atoms with Crippen LogP contribution in [0, 0.1) is 0 Å². The molecule has 0 heterocycles. The third-order valence-electron chi connectivity index (χ3n) is 1.95. The summed E-state index contributed by atoms with van der Waals surface area (Å²) in [5, 5.41) is 0.0817. The monoisotopic (exact) mass is 247 g/mol. The lowest BCUT2D eigenvalue weighted by molar-refractivity contribution is 0.230. The Labute approximate surface area is 98.5 Å². The molecule has 0 bridgehead atoms. The van der Waals surface area contributed by atoms with Gasteiger partial charge in [-0.15, -0.1) is 0 Å². The molecule has 0 aliphatic rings. The minimum absolute atomic E-state index is 0.367. The molecule has 0 atom stereocenters. The van der Waals surface area contributed by atoms with Gasteiger partial charge in [0.05, 0.1) is 13.7 Å². The standard InChI is InChI=1S/C10H11Cl2NO2/c1-13(10(12)14)6-7-5-8(11)3-4-9(7)15-2/h3-5H,6H2,1-2H3. The molecule has 1 aromatic carbocycles. The molecule has 0 radical (unpaired) electrons. The number of ether oxygens (including phenoxy) is 1. The minimum atomic E-state index is -0.517. The van der Waals surface area contributed by atoms with Crippen molar-refractivity contribution < 1.29 is 9.53 Å². The smallest absolute Gasteiger partial charge is 0.316 e. The van der Waals surface area contributed by atoms with Crippen LogP contribution in [0.15, 0.2) is 18.2 Å². The summed E-state index contributed by atoms with van der Waals surface area (Å²) in [5.41, 5.74) is 0.821. The Morgan fingerprint density at radius 3 is 2.73 bits per heavy atom. The topological polar surface area (TPSA) is 29.5 Å². The van der Waals surface area contributed by atoms with Gasteiger partial charge in [0.25, 0.3) is 0 Å². The van der Waals surface area contributed by atoms with Crippen molar-refractivity contribution in [2.24, 2.45) is 0 Å². The van der Waals surface area contributed by atoms with Crippen LogP contribution in [0.25, 0.3) is 0 Å². The van der Waals surface area contributed by atoms with Crippen LogP contribution in [-0.2, 0) is 6.54 Å². The SMILES string of the molecule is COc1ccc(Cl)cc1CN(C)C(=O)Cl. The van der Waals surface area contributed by atoms with E-state index in [2.05, 4.69) is 0 Å². The molecular formula is C10H11Cl2NO2. The second-order valence-corrected chi connectivity index (χ2v) is 3.82. The number of hydrogen-bond acceptors (Lipinski definition) is 2. The highest BCUT2D eigenvalue weighted by atomic mass is 35.5. The van der Waals surface area contributed by atoms with Crippen LogP contribution in [-0.4, -0.2) is 24.4 Å². The van der Waals surface area contributed by atoms with E-state index < -0.39 is 5.37 Å². The molecule has 0 aliphatic heterocycles. The van der Waals surface area contributed by atoms with Crippen LogP contribution < -0.4 is 4.74 Å². The summed E-state index contributed by atoms with van der Waals surface area (Å²) >= 11 is 11.2. The quantitative estimate of drug-likeness (QED) is 0.607. The zero-order valence-electron chi connectivity index (χ0n) is 8.46. The number of methoxy groups -OCH3 is 1. The normalized spacial score (nSPS) is 9.87. The Morgan fingerprint density at radius 2 is 2.20 bits per heavy atom. The van der Waals surface area contributed by atoms with Crippen molar-refractivity contribution in [3.8, 4) is 5.75 Å². The third kappa shape index (κ3) is 3.29. The molecule has 0 unspecified atom stereocenters. The Morgan fingerprint density at radius 1 is 1.53 bits per heavy atom. The first-order valence-corrected chi connectivity index (χ1v) is 5.03. The molecule has 0 saturated carbocycles. The summed E-state index contributed by atoms with van der Waals surface area (Å²) in [7, 11) is 3.17. The third-order valence-corrected chi connectivity index (χ3v) is 2.47. The molecule has 1 aromatic rings. The van der Waals surface area contributed by atoms with E-state index in [4.69, 9.17) is 27.9 Å². The van der Waals surface area contributed by atoms with Gasteiger partial charge in [0.1, 0.15) is 5.75 Å². The Balaban J connectivity index is 2.91. The first kappa shape index (κ1) is 12.1. The van der Waals surface area contributed by atoms with Gasteiger partial charge in [-0.25, -0.2) is 0 Å². The lowest BCUT2D eigenvalue weighted by Gasteiger charge is -2.15. The highest BCUT2D eigenvalue weighted by Crippen LogP contribution is 2.23. The molecule has 0 saturated heterocycles. The molecule has 15 heavy (non-hydrogen) atoms. The maximum Gasteiger partial charge on any atom is 0.316 e. The van der Waals surface area contributed by atoms with E-state index in [0.29, 0.717) is 17.3 Å². The molecule has 0 aromatic heterocycles. The van der Waals surface area contributed by atoms with Crippen molar-refractivity contribution in [2.45, 2.75) is 6.54 Å². The summed E-state index contributed by atoms with van der Waals surface area (Å²) in [6.07, 6.45) is 0. The van der Waals surface area contributed by atoms with Crippen LogP contribution in [0.3, 0.4) is 0 Å². The lowest BCUT2D eigenvalue weighted by atomic mass is 10.2. The fourth-order valence-electron chi connectivity index (χ4n) is 1.19. The predicted molar refractivity (Wildman–Crippen MR) is 60.7 cm³/mol. The van der Waals surface area contributed by atoms with Crippen LogP contribution >= 0.6 is 23.2 Å². The largest absolute Gasteiger partial charge is 0.496 e. The number of hydrogen-bond donors (Lipinski definition) is 0. The molecule has 0 fully saturated rings. The summed E-state index contributed by atoms with van der Waals surface area (Å²) in [4.78, 5) is 12.2. The van der Waals surface area contributed by atoms with Crippen LogP contribution in [0.1, 0.15) is 5.56 Å². The zero-order chi connectivity index (χ0) is 11.4. The van der Waals surface area contributed by atoms with E-state index in [1.54, 1.807) is 32.4 Å². The van der Waals surface area contributed by atoms with E-state index in [1.165, 1.54) is 4.90 Å². The van der Waals surface area contributed by atoms with Gasteiger partial charge in [-0.2, -0.15) is 0 Å². The molecule has 82 valence electrons. The number of nitrogens with zero attached hydrogens (tertiary/aromatic N) is 1. The van der Waals surface area contributed by atoms with E-state index in [-0.39, 0.29) is 0 Å². The van der Waals surface area contributed by atoms with E-state index in [1.807, 2.05) is 0 Å². The summed E-state index contributed by atoms with van der Waals surface area (Å²) < 4.78 is 5.14. The first-order chi connectivity index (χ1) is 7.04. The molecule has 0 N–H and O–H groups in total. The van der Waals surface area contributed by atoms with E-state index in [0.717, 1.165) is 5.56 Å². The van der Waals surface area contributed by atoms with Crippen LogP contribution in [0.4, 0.5) is 4.79 Å². The number of carbonyl (C=O) groups excluding carboxylic acids is 1. The van der Waals surface area contributed by atoms with Gasteiger partial charge < -0.3 is 9.64 Å². The Kier molecular flexibility index (Phi) is 4.24. The summed E-state index contributed by atoms with van der Waals surface area (Å²) in [6.45, 7) is 0.367. The maximum absolute atomic E-state index is 10.9. The zero-order valence-corrected chi connectivity index (χ0v) is 9.97. The molecular weight excluding hydrogens is 237 g/mol. The average molecular weight is 248 g/mol. The summed E-state index contributed by atoms with van der Waals surface area (Å²) in [6, 6.07) is 5.23. The number of amides is 1. The number of carbonyl (C=O) groups is 1. The second-order valence-electron chi connectivity index (χ2n) is 3.07. The Hall–Kier alpha value is -0.930. The van der Waals surface area contributed by atoms with E-state index in [9.17, 15) is 4.79 Å². The van der Waals surface area contributed by atoms with Crippen molar-refractivity contribution >= 4 is 28.6 Å². The number of benzene rings is 1. The van der Waals surface area contributed by atoms with Gasteiger partial charge in [-0.1, -0.05) is 11.6 Å². The number of halogens is 2. The highest BCUT2D eigenvalue weighted by Gasteiger charge is 2.10. The number of rotatable bonds is 3. The van der Waals surface area contributed by atoms with Gasteiger partial charge in [-0.3, -0.25) is 4.79 Å². The van der Waals surface area contributed by atoms with Crippen LogP contribution in [0.5, 0.6) is 5.75 Å². The first-order valence-electron chi connectivity index (χ1n) is 4.27. The average Bonchev–Trinajstić information content (AvgIpc) is 2.18. The predicted octanol–water partition coefficient (Wildman–Crippen LogP) is 3.14. The Bertz CT molecular complexity index is 368. The van der Waals surface area contributed by atoms with Crippen molar-refractivity contribution in [1.82, 2.24) is 4.90 Å². The van der Waals surface area contributed by atoms with Gasteiger partial charge in [0.15, 0.2) is 0 Å². The van der Waals surface area contributed by atoms with Crippen molar-refractivity contribution in [1.29, 1.82) is 0 Å². The molecule has 5 heteroatoms. The fourth-order valence-corrected chi connectivity index (χ4v) is 1.44. The van der Waals surface area contributed by atoms with Crippen molar-refractivity contribution in [2.75, 3.05) is 14.2 Å². The fraction of sp³-hybridized carbons (Fsp3) is 0.300. The molecule has 0 spiro atoms. The van der Waals surface area contributed by atoms with Gasteiger partial charge >= 0.3 is 5.37 Å². The molecule has 1 amide bonds. The maximum atomic E-state index is 10.9. The van der Waals surface area contributed by atoms with Crippen LogP contribution in [0.2, 0.25) is 5.02 Å². The van der Waals surface area contributed by atoms with E-state index >= 15 is 0 Å². The minimum Gasteiger partial charge on any atom is -0.496 e. The van der Waals surface area contributed by atoms with Gasteiger partial charge in [0.2, 0.25) is 0 Å². The van der Waals surface area contributed by atoms with Crippen molar-refractivity contribution in [3.05, 3.63) is 28.8 Å². The van der Waals surface area contributed by atoms with Crippen molar-refractivity contribution in [3.63, 3.8) is 0 Å². The van der Waals surface area contributed by atoms with Gasteiger partial charge in [0, 0.05) is 17.6 Å². The second kappa shape index (κ2) is 5.24. The molecule has 0 aliphatic carbocycles. The van der Waals surface area contributed by atoms with Gasteiger partial charge in [-0.05, 0) is 29.8 Å². The molecule has 1 rings (SSSR count). The molecule has 3 nitrogen and oxygen atoms in total. The lowest BCUT2D eigenvalue weighted by Crippen LogP contribution is -2.20.